The van der Waals surface area contributed by atoms with Crippen molar-refractivity contribution in [2.45, 2.75) is 6.92 Å². The van der Waals surface area contributed by atoms with Crippen LogP contribution in [-0.2, 0) is 0 Å². The zero-order chi connectivity index (χ0) is 12.1. The fourth-order valence-corrected chi connectivity index (χ4v) is 1.53. The Balaban J connectivity index is 2.22. The van der Waals surface area contributed by atoms with E-state index in [1.54, 1.807) is 19.3 Å². The number of hydrogen-bond donors (Lipinski definition) is 0. The van der Waals surface area contributed by atoms with E-state index in [1.165, 1.54) is 0 Å². The van der Waals surface area contributed by atoms with Crippen molar-refractivity contribution >= 4 is 17.9 Å². The molecule has 84 valence electrons. The lowest BCUT2D eigenvalue weighted by Gasteiger charge is -1.97. The molecule has 0 atom stereocenters. The first-order valence-corrected chi connectivity index (χ1v) is 5.45. The number of aromatic nitrogens is 1. The maximum Gasteiger partial charge on any atom is 0.159 e. The summed E-state index contributed by atoms with van der Waals surface area (Å²) in [6.07, 6.45) is 7.49. The molecule has 0 fully saturated rings. The molecule has 2 aromatic rings. The van der Waals surface area contributed by atoms with Crippen molar-refractivity contribution in [3.05, 3.63) is 65.5 Å². The van der Waals surface area contributed by atoms with E-state index in [4.69, 9.17) is 0 Å². The van der Waals surface area contributed by atoms with Gasteiger partial charge in [0.2, 0.25) is 0 Å². The predicted molar refractivity (Wildman–Crippen MR) is 69.6 cm³/mol. The lowest BCUT2D eigenvalue weighted by Crippen LogP contribution is -1.91. The van der Waals surface area contributed by atoms with Crippen LogP contribution in [0.15, 0.2) is 48.8 Å². The van der Waals surface area contributed by atoms with E-state index in [9.17, 15) is 4.79 Å². The van der Waals surface area contributed by atoms with Crippen LogP contribution in [0.3, 0.4) is 0 Å². The van der Waals surface area contributed by atoms with Crippen molar-refractivity contribution in [2.24, 2.45) is 0 Å². The third-order valence-electron chi connectivity index (χ3n) is 2.45. The van der Waals surface area contributed by atoms with E-state index in [0.29, 0.717) is 0 Å². The van der Waals surface area contributed by atoms with Gasteiger partial charge in [0, 0.05) is 18.0 Å². The minimum Gasteiger partial charge on any atom is -0.295 e. The molecule has 0 aliphatic heterocycles. The van der Waals surface area contributed by atoms with Gasteiger partial charge in [-0.15, -0.1) is 0 Å². The van der Waals surface area contributed by atoms with E-state index in [1.807, 2.05) is 48.6 Å². The smallest absolute Gasteiger partial charge is 0.159 e. The summed E-state index contributed by atoms with van der Waals surface area (Å²) in [7, 11) is 0. The number of hydrogen-bond acceptors (Lipinski definition) is 2. The molecular formula is C15H13NO. The van der Waals surface area contributed by atoms with Crippen molar-refractivity contribution in [3.8, 4) is 0 Å². The van der Waals surface area contributed by atoms with Crippen molar-refractivity contribution in [1.29, 1.82) is 0 Å². The molecule has 0 aliphatic rings. The number of pyridine rings is 1. The summed E-state index contributed by atoms with van der Waals surface area (Å²) < 4.78 is 0. The van der Waals surface area contributed by atoms with E-state index in [-0.39, 0.29) is 5.78 Å². The summed E-state index contributed by atoms with van der Waals surface area (Å²) in [6.45, 7) is 1.57. The van der Waals surface area contributed by atoms with Crippen LogP contribution >= 0.6 is 0 Å². The van der Waals surface area contributed by atoms with Gasteiger partial charge in [0.25, 0.3) is 0 Å². The third kappa shape index (κ3) is 3.11. The van der Waals surface area contributed by atoms with Gasteiger partial charge in [-0.1, -0.05) is 36.4 Å². The van der Waals surface area contributed by atoms with Crippen LogP contribution < -0.4 is 0 Å². The SMILES string of the molecule is CC(=O)c1cccc(/C=C/c2cccnc2)c1. The largest absolute Gasteiger partial charge is 0.295 e. The van der Waals surface area contributed by atoms with Crippen molar-refractivity contribution < 1.29 is 4.79 Å². The molecule has 2 nitrogen and oxygen atoms in total. The Kier molecular flexibility index (Phi) is 3.46. The number of rotatable bonds is 3. The van der Waals surface area contributed by atoms with Crippen LogP contribution in [-0.4, -0.2) is 10.8 Å². The topological polar surface area (TPSA) is 30.0 Å². The highest BCUT2D eigenvalue weighted by Crippen LogP contribution is 2.10. The second kappa shape index (κ2) is 5.21. The molecule has 0 saturated heterocycles. The van der Waals surface area contributed by atoms with Crippen LogP contribution in [0.5, 0.6) is 0 Å². The molecule has 0 radical (unpaired) electrons. The third-order valence-corrected chi connectivity index (χ3v) is 2.45. The van der Waals surface area contributed by atoms with Gasteiger partial charge in [-0.05, 0) is 30.2 Å². The number of carbonyl (C=O) groups excluding carboxylic acids is 1. The summed E-state index contributed by atoms with van der Waals surface area (Å²) in [4.78, 5) is 15.3. The monoisotopic (exact) mass is 223 g/mol. The van der Waals surface area contributed by atoms with Crippen LogP contribution in [0.25, 0.3) is 12.2 Å². The second-order valence-electron chi connectivity index (χ2n) is 3.80. The first-order valence-electron chi connectivity index (χ1n) is 5.45. The molecule has 17 heavy (non-hydrogen) atoms. The van der Waals surface area contributed by atoms with Gasteiger partial charge in [-0.2, -0.15) is 0 Å². The maximum absolute atomic E-state index is 11.2. The molecule has 0 N–H and O–H groups in total. The molecule has 0 aliphatic carbocycles. The summed E-state index contributed by atoms with van der Waals surface area (Å²) in [5.74, 6) is 0.0848. The number of Topliss-reactive ketones (excluding diaryl/α,β-unsaturated/α-hetero) is 1. The second-order valence-corrected chi connectivity index (χ2v) is 3.80. The summed E-state index contributed by atoms with van der Waals surface area (Å²) in [5, 5.41) is 0. The standard InChI is InChI=1S/C15H13NO/c1-12(17)15-6-2-4-13(10-15)7-8-14-5-3-9-16-11-14/h2-11H,1H3/b8-7+. The quantitative estimate of drug-likeness (QED) is 0.746. The van der Waals surface area contributed by atoms with Gasteiger partial charge in [0.1, 0.15) is 0 Å². The molecular weight excluding hydrogens is 210 g/mol. The van der Waals surface area contributed by atoms with Crippen LogP contribution in [0.4, 0.5) is 0 Å². The van der Waals surface area contributed by atoms with Crippen LogP contribution in [0.1, 0.15) is 28.4 Å². The normalized spacial score (nSPS) is 10.6. The van der Waals surface area contributed by atoms with Gasteiger partial charge in [-0.3, -0.25) is 9.78 Å². The van der Waals surface area contributed by atoms with Gasteiger partial charge in [0.05, 0.1) is 0 Å². The molecule has 1 aromatic carbocycles. The minimum atomic E-state index is 0.0848. The van der Waals surface area contributed by atoms with Crippen molar-refractivity contribution in [1.82, 2.24) is 4.98 Å². The zero-order valence-corrected chi connectivity index (χ0v) is 9.63. The highest BCUT2D eigenvalue weighted by molar-refractivity contribution is 5.94. The van der Waals surface area contributed by atoms with Crippen LogP contribution in [0, 0.1) is 0 Å². The first-order chi connectivity index (χ1) is 8.25. The average molecular weight is 223 g/mol. The van der Waals surface area contributed by atoms with Gasteiger partial charge < -0.3 is 0 Å². The lowest BCUT2D eigenvalue weighted by atomic mass is 10.1. The molecule has 1 aromatic heterocycles. The highest BCUT2D eigenvalue weighted by atomic mass is 16.1. The summed E-state index contributed by atoms with van der Waals surface area (Å²) in [6, 6.07) is 11.4. The Bertz CT molecular complexity index is 544. The molecule has 0 amide bonds. The van der Waals surface area contributed by atoms with Gasteiger partial charge >= 0.3 is 0 Å². The summed E-state index contributed by atoms with van der Waals surface area (Å²) >= 11 is 0. The Labute approximate surface area is 101 Å². The Morgan fingerprint density at radius 1 is 1.12 bits per heavy atom. The molecule has 1 heterocycles. The molecule has 2 rings (SSSR count). The molecule has 0 saturated carbocycles. The van der Waals surface area contributed by atoms with E-state index < -0.39 is 0 Å². The predicted octanol–water partition coefficient (Wildman–Crippen LogP) is 3.45. The lowest BCUT2D eigenvalue weighted by molar-refractivity contribution is 0.101. The number of benzene rings is 1. The zero-order valence-electron chi connectivity index (χ0n) is 9.63. The summed E-state index contributed by atoms with van der Waals surface area (Å²) in [5.41, 5.74) is 2.79. The fraction of sp³-hybridized carbons (Fsp3) is 0.0667. The number of ketones is 1. The first kappa shape index (κ1) is 11.3. The molecule has 0 spiro atoms. The van der Waals surface area contributed by atoms with Crippen molar-refractivity contribution in [3.63, 3.8) is 0 Å². The Morgan fingerprint density at radius 3 is 2.59 bits per heavy atom. The molecule has 0 bridgehead atoms. The average Bonchev–Trinajstić information content (AvgIpc) is 2.38. The highest BCUT2D eigenvalue weighted by Gasteiger charge is 1.97. The molecule has 0 unspecified atom stereocenters. The van der Waals surface area contributed by atoms with E-state index in [0.717, 1.165) is 16.7 Å². The van der Waals surface area contributed by atoms with Gasteiger partial charge in [0.15, 0.2) is 5.78 Å². The minimum absolute atomic E-state index is 0.0848. The number of nitrogens with zero attached hydrogens (tertiary/aromatic N) is 1. The van der Waals surface area contributed by atoms with Gasteiger partial charge in [-0.25, -0.2) is 0 Å². The Hall–Kier alpha value is -2.22. The Morgan fingerprint density at radius 2 is 1.88 bits per heavy atom. The van der Waals surface area contributed by atoms with E-state index in [2.05, 4.69) is 4.98 Å². The molecule has 2 heteroatoms. The maximum atomic E-state index is 11.2. The number of carbonyl (C=O) groups is 1. The van der Waals surface area contributed by atoms with E-state index >= 15 is 0 Å². The fourth-order valence-electron chi connectivity index (χ4n) is 1.53. The van der Waals surface area contributed by atoms with Crippen LogP contribution in [0.2, 0.25) is 0 Å². The van der Waals surface area contributed by atoms with Crippen molar-refractivity contribution in [2.75, 3.05) is 0 Å².